The van der Waals surface area contributed by atoms with Gasteiger partial charge in [-0.3, -0.25) is 14.5 Å². The van der Waals surface area contributed by atoms with Gasteiger partial charge in [-0.25, -0.2) is 0 Å². The fourth-order valence-electron chi connectivity index (χ4n) is 3.59. The summed E-state index contributed by atoms with van der Waals surface area (Å²) < 4.78 is 0. The standard InChI is InChI=1S/C19H27N3O3/c1-20-8-7-16(13-18(20)24)19(25)22-11-9-21(10-12-22)14-17(23)15-5-3-2-4-6-15/h2-6,16-17,23H,7-14H2,1H3/t16-,17-/m0/s1. The van der Waals surface area contributed by atoms with Crippen molar-refractivity contribution < 1.29 is 14.7 Å². The molecular weight excluding hydrogens is 318 g/mol. The highest BCUT2D eigenvalue weighted by atomic mass is 16.3. The number of β-amino-alcohol motifs (C(OH)–C–C–N with tert-alkyl or cyclic N) is 1. The molecule has 136 valence electrons. The van der Waals surface area contributed by atoms with Crippen LogP contribution in [0.2, 0.25) is 0 Å². The minimum absolute atomic E-state index is 0.0641. The summed E-state index contributed by atoms with van der Waals surface area (Å²) in [6.07, 6.45) is 0.589. The summed E-state index contributed by atoms with van der Waals surface area (Å²) in [6, 6.07) is 9.66. The van der Waals surface area contributed by atoms with Gasteiger partial charge in [0.2, 0.25) is 11.8 Å². The number of hydrogen-bond donors (Lipinski definition) is 1. The number of carbonyl (C=O) groups excluding carboxylic acids is 2. The van der Waals surface area contributed by atoms with Crippen LogP contribution in [0.1, 0.15) is 24.5 Å². The van der Waals surface area contributed by atoms with Crippen LogP contribution in [0.4, 0.5) is 0 Å². The fourth-order valence-corrected chi connectivity index (χ4v) is 3.59. The Balaban J connectivity index is 1.47. The van der Waals surface area contributed by atoms with Crippen molar-refractivity contribution in [2.75, 3.05) is 46.3 Å². The van der Waals surface area contributed by atoms with E-state index in [0.29, 0.717) is 32.6 Å². The Morgan fingerprint density at radius 3 is 2.48 bits per heavy atom. The lowest BCUT2D eigenvalue weighted by atomic mass is 9.94. The third kappa shape index (κ3) is 4.38. The molecule has 0 aliphatic carbocycles. The van der Waals surface area contributed by atoms with Crippen LogP contribution < -0.4 is 0 Å². The van der Waals surface area contributed by atoms with Crippen molar-refractivity contribution >= 4 is 11.8 Å². The number of hydrogen-bond acceptors (Lipinski definition) is 4. The van der Waals surface area contributed by atoms with Gasteiger partial charge in [0.15, 0.2) is 0 Å². The van der Waals surface area contributed by atoms with E-state index in [2.05, 4.69) is 4.90 Å². The summed E-state index contributed by atoms with van der Waals surface area (Å²) in [5.74, 6) is 0.0177. The number of piperidine rings is 1. The highest BCUT2D eigenvalue weighted by molar-refractivity contribution is 5.87. The first-order valence-corrected chi connectivity index (χ1v) is 9.02. The van der Waals surface area contributed by atoms with Crippen LogP contribution in [0, 0.1) is 5.92 Å². The molecule has 0 aromatic heterocycles. The number of amides is 2. The number of nitrogens with zero attached hydrogens (tertiary/aromatic N) is 3. The van der Waals surface area contributed by atoms with Crippen molar-refractivity contribution in [3.8, 4) is 0 Å². The lowest BCUT2D eigenvalue weighted by molar-refractivity contribution is -0.145. The van der Waals surface area contributed by atoms with E-state index in [1.54, 1.807) is 11.9 Å². The van der Waals surface area contributed by atoms with Gasteiger partial charge in [0, 0.05) is 58.7 Å². The number of aliphatic hydroxyl groups excluding tert-OH is 1. The summed E-state index contributed by atoms with van der Waals surface area (Å²) in [5.41, 5.74) is 0.922. The first-order valence-electron chi connectivity index (χ1n) is 9.02. The molecule has 2 fully saturated rings. The van der Waals surface area contributed by atoms with Crippen molar-refractivity contribution in [3.05, 3.63) is 35.9 Å². The zero-order valence-corrected chi connectivity index (χ0v) is 14.8. The molecule has 3 rings (SSSR count). The number of rotatable bonds is 4. The molecule has 2 saturated heterocycles. The summed E-state index contributed by atoms with van der Waals surface area (Å²) in [4.78, 5) is 30.2. The molecule has 0 bridgehead atoms. The van der Waals surface area contributed by atoms with Crippen molar-refractivity contribution in [2.24, 2.45) is 5.92 Å². The Morgan fingerprint density at radius 1 is 1.16 bits per heavy atom. The van der Waals surface area contributed by atoms with Gasteiger partial charge in [-0.15, -0.1) is 0 Å². The van der Waals surface area contributed by atoms with Gasteiger partial charge in [0.25, 0.3) is 0 Å². The molecule has 0 saturated carbocycles. The van der Waals surface area contributed by atoms with E-state index in [-0.39, 0.29) is 17.7 Å². The van der Waals surface area contributed by atoms with Gasteiger partial charge in [-0.1, -0.05) is 30.3 Å². The molecule has 6 nitrogen and oxygen atoms in total. The van der Waals surface area contributed by atoms with Crippen LogP contribution >= 0.6 is 0 Å². The molecule has 25 heavy (non-hydrogen) atoms. The van der Waals surface area contributed by atoms with E-state index in [4.69, 9.17) is 0 Å². The fraction of sp³-hybridized carbons (Fsp3) is 0.579. The molecule has 6 heteroatoms. The number of carbonyl (C=O) groups is 2. The third-order valence-corrected chi connectivity index (χ3v) is 5.31. The maximum absolute atomic E-state index is 12.6. The van der Waals surface area contributed by atoms with E-state index >= 15 is 0 Å². The zero-order chi connectivity index (χ0) is 17.8. The van der Waals surface area contributed by atoms with E-state index < -0.39 is 6.10 Å². The quantitative estimate of drug-likeness (QED) is 0.874. The molecule has 2 amide bonds. The van der Waals surface area contributed by atoms with Crippen LogP contribution in [-0.4, -0.2) is 77.9 Å². The number of likely N-dealkylation sites (tertiary alicyclic amines) is 1. The first-order chi connectivity index (χ1) is 12.0. The van der Waals surface area contributed by atoms with Crippen molar-refractivity contribution in [3.63, 3.8) is 0 Å². The minimum Gasteiger partial charge on any atom is -0.387 e. The average Bonchev–Trinajstić information content (AvgIpc) is 2.65. The highest BCUT2D eigenvalue weighted by Crippen LogP contribution is 2.21. The first kappa shape index (κ1) is 17.9. The van der Waals surface area contributed by atoms with Crippen LogP contribution in [0.25, 0.3) is 0 Å². The van der Waals surface area contributed by atoms with Gasteiger partial charge >= 0.3 is 0 Å². The molecular formula is C19H27N3O3. The molecule has 0 spiro atoms. The Kier molecular flexibility index (Phi) is 5.71. The normalized spacial score (nSPS) is 23.6. The maximum atomic E-state index is 12.6. The molecule has 1 N–H and O–H groups in total. The van der Waals surface area contributed by atoms with Crippen LogP contribution in [-0.2, 0) is 9.59 Å². The second kappa shape index (κ2) is 7.97. The number of piperazine rings is 1. The second-order valence-electron chi connectivity index (χ2n) is 7.06. The highest BCUT2D eigenvalue weighted by Gasteiger charge is 2.33. The zero-order valence-electron chi connectivity index (χ0n) is 14.8. The second-order valence-corrected chi connectivity index (χ2v) is 7.06. The lowest BCUT2D eigenvalue weighted by Gasteiger charge is -2.38. The predicted octanol–water partition coefficient (Wildman–Crippen LogP) is 0.733. The summed E-state index contributed by atoms with van der Waals surface area (Å²) >= 11 is 0. The van der Waals surface area contributed by atoms with Gasteiger partial charge in [0.1, 0.15) is 0 Å². The SMILES string of the molecule is CN1CC[C@H](C(=O)N2CCN(C[C@H](O)c3ccccc3)CC2)CC1=O. The minimum atomic E-state index is -0.505. The largest absolute Gasteiger partial charge is 0.387 e. The Labute approximate surface area is 149 Å². The van der Waals surface area contributed by atoms with Gasteiger partial charge in [0.05, 0.1) is 6.10 Å². The lowest BCUT2D eigenvalue weighted by Crippen LogP contribution is -2.52. The van der Waals surface area contributed by atoms with Crippen LogP contribution in [0.15, 0.2) is 30.3 Å². The van der Waals surface area contributed by atoms with Gasteiger partial charge in [-0.2, -0.15) is 0 Å². The van der Waals surface area contributed by atoms with Crippen molar-refractivity contribution in [1.29, 1.82) is 0 Å². The molecule has 2 atom stereocenters. The number of aliphatic hydroxyl groups is 1. The van der Waals surface area contributed by atoms with Crippen molar-refractivity contribution in [2.45, 2.75) is 18.9 Å². The van der Waals surface area contributed by atoms with E-state index in [1.165, 1.54) is 0 Å². The molecule has 0 unspecified atom stereocenters. The Hall–Kier alpha value is -1.92. The summed E-state index contributed by atoms with van der Waals surface area (Å²) in [6.45, 7) is 4.10. The Morgan fingerprint density at radius 2 is 1.84 bits per heavy atom. The van der Waals surface area contributed by atoms with Crippen molar-refractivity contribution in [1.82, 2.24) is 14.7 Å². The predicted molar refractivity (Wildman–Crippen MR) is 94.8 cm³/mol. The van der Waals surface area contributed by atoms with Crippen LogP contribution in [0.3, 0.4) is 0 Å². The molecule has 1 aromatic carbocycles. The Bertz CT molecular complexity index is 599. The monoisotopic (exact) mass is 345 g/mol. The molecule has 2 aliphatic rings. The topological polar surface area (TPSA) is 64.1 Å². The molecule has 0 radical (unpaired) electrons. The molecule has 1 aromatic rings. The van der Waals surface area contributed by atoms with E-state index in [9.17, 15) is 14.7 Å². The van der Waals surface area contributed by atoms with Gasteiger partial charge in [-0.05, 0) is 12.0 Å². The number of benzene rings is 1. The molecule has 2 heterocycles. The van der Waals surface area contributed by atoms with E-state index in [0.717, 1.165) is 25.1 Å². The summed E-state index contributed by atoms with van der Waals surface area (Å²) in [5, 5.41) is 10.3. The third-order valence-electron chi connectivity index (χ3n) is 5.31. The molecule has 2 aliphatic heterocycles. The van der Waals surface area contributed by atoms with Crippen LogP contribution in [0.5, 0.6) is 0 Å². The average molecular weight is 345 g/mol. The van der Waals surface area contributed by atoms with E-state index in [1.807, 2.05) is 35.2 Å². The smallest absolute Gasteiger partial charge is 0.226 e. The van der Waals surface area contributed by atoms with Gasteiger partial charge < -0.3 is 14.9 Å². The summed E-state index contributed by atoms with van der Waals surface area (Å²) in [7, 11) is 1.79. The maximum Gasteiger partial charge on any atom is 0.226 e.